The molecule has 9 heterocycles. The minimum absolute atomic E-state index is 0.116. The van der Waals surface area contributed by atoms with Crippen molar-refractivity contribution in [1.29, 1.82) is 0 Å². The van der Waals surface area contributed by atoms with E-state index in [-0.39, 0.29) is 81.2 Å². The fourth-order valence-corrected chi connectivity index (χ4v) is 19.3. The van der Waals surface area contributed by atoms with Crippen LogP contribution in [-0.4, -0.2) is 292 Å². The Morgan fingerprint density at radius 2 is 0.984 bits per heavy atom. The number of rotatable bonds is 23. The lowest BCUT2D eigenvalue weighted by molar-refractivity contribution is -0.295. The number of benzene rings is 2. The van der Waals surface area contributed by atoms with Crippen molar-refractivity contribution in [3.8, 4) is 12.3 Å². The van der Waals surface area contributed by atoms with Crippen LogP contribution in [0, 0.1) is 59.7 Å². The molecule has 5 aromatic rings. The number of aliphatic hydroxyl groups is 2. The number of fused-ring (bicyclic) bond motifs is 4. The lowest BCUT2D eigenvalue weighted by Crippen LogP contribution is -2.60. The number of carbonyl (C=O) groups is 8. The monoisotopic (exact) mass is 1730 g/mol. The predicted octanol–water partition coefficient (Wildman–Crippen LogP) is 9.40. The SMILES string of the molecule is C#CCn1nnc2ccccc21.CC[C@H]1OC(=O)[C@H](C)C(=O)[C@H](C)[C@@H](OC2OC(C)CC(N(C)C)C2O)[C@@](C)(OC)C[C@@H](C)C(=O)[C@H](C)[C@H]2N(CCCCN=[N+]=[N-])C(=O)O[C@]12C.CC[C@H]1OC(=O)[C@H](C)C(=O)[C@H](C)[C@@H](OC2OC(C)CC(N(C)C)C2O)[C@@](C)(OC)C[C@@H](C)C(=O)[C@H](C)[C@H]2N(CCCCn3cc(Cn4nnc5ccccc54)nn3)C(=O)O[C@]12C. The fraction of sp³-hybridized carbons (Fsp3) is 0.727. The number of esters is 2. The van der Waals surface area contributed by atoms with Crippen LogP contribution >= 0.6 is 0 Å². The molecule has 6 saturated heterocycles. The number of carbonyl (C=O) groups excluding carboxylic acids is 8. The smallest absolute Gasteiger partial charge is 0.410 e. The van der Waals surface area contributed by atoms with Crippen molar-refractivity contribution < 1.29 is 95.9 Å². The number of hydrogen-bond acceptors (Lipinski definition) is 29. The van der Waals surface area contributed by atoms with Crippen LogP contribution in [0.5, 0.6) is 0 Å². The van der Waals surface area contributed by atoms with Crippen molar-refractivity contribution in [3.05, 3.63) is 70.9 Å². The van der Waals surface area contributed by atoms with E-state index in [1.54, 1.807) is 95.1 Å². The summed E-state index contributed by atoms with van der Waals surface area (Å²) in [5, 5.41) is 51.3. The van der Waals surface area contributed by atoms with E-state index in [1.165, 1.54) is 33.0 Å². The Kier molecular flexibility index (Phi) is 33.9. The molecule has 6 fully saturated rings. The van der Waals surface area contributed by atoms with Gasteiger partial charge in [0.15, 0.2) is 35.3 Å². The van der Waals surface area contributed by atoms with Gasteiger partial charge in [0.2, 0.25) is 0 Å². The van der Waals surface area contributed by atoms with Gasteiger partial charge in [-0.15, -0.1) is 21.7 Å². The number of aliphatic hydroxyl groups excluding tert-OH is 2. The van der Waals surface area contributed by atoms with Crippen molar-refractivity contribution in [3.63, 3.8) is 0 Å². The highest BCUT2D eigenvalue weighted by Crippen LogP contribution is 2.47. The first-order valence-electron chi connectivity index (χ1n) is 43.5. The number of aromatic nitrogens is 9. The van der Waals surface area contributed by atoms with E-state index in [2.05, 4.69) is 46.9 Å². The van der Waals surface area contributed by atoms with Crippen LogP contribution in [0.4, 0.5) is 9.59 Å². The lowest BCUT2D eigenvalue weighted by Gasteiger charge is -2.47. The number of ether oxygens (including phenoxy) is 10. The van der Waals surface area contributed by atoms with Gasteiger partial charge in [-0.05, 0) is 178 Å². The number of ketones is 4. The standard InChI is InChI=1S/C44H66N8O10.C35H59N5O10.C9H7N3/c1-12-34-44(8)38(51(42(57)62-44)20-16-15-19-50-23-30(45-47-50)24-52-32-18-14-13-17-31(32)46-48-52)27(4)35(53)25(2)22-43(7,58-11)39(28(5)36(54)29(6)40(56)60-34)61-41-37(55)33(49(9)10)21-26(3)59-41;1-12-25-35(8)29(40(33(45)50-35)16-14-13-15-37-38-36)21(4)26(41)19(2)18-34(7,46-11)30(22(5)27(42)23(6)31(44)48-25)49-32-28(43)24(39(9)10)17-20(3)47-32;1-2-7-12-9-6-4-3-5-8(9)10-11-12/h13-14,17-18,23,25-29,33-34,37-39,41,55H,12,15-16,19-22,24H2,1-11H3;19-25,28-30,32,43H,12-18H2,1-11H3;1,3-6H,7H2/t25-,26?,27+,28+,29-,33?,34-,37?,38-,39-,41?,43+,44-;19-,20?,21+,22+,23-,24?,25-,28?,29-,30-,32?,34+,35-;/m11./s1. The number of amides is 2. The summed E-state index contributed by atoms with van der Waals surface area (Å²) in [5.41, 5.74) is 7.54. The molecule has 6 aliphatic heterocycles. The number of cyclic esters (lactones) is 2. The zero-order valence-corrected chi connectivity index (χ0v) is 76.2. The molecule has 684 valence electrons. The van der Waals surface area contributed by atoms with E-state index in [4.69, 9.17) is 59.3 Å². The molecule has 3 aromatic heterocycles. The molecular weight excluding hydrogens is 1600 g/mol. The molecule has 26 atom stereocenters. The largest absolute Gasteiger partial charge is 0.458 e. The molecule has 6 aliphatic rings. The summed E-state index contributed by atoms with van der Waals surface area (Å²) >= 11 is 0. The third kappa shape index (κ3) is 21.8. The van der Waals surface area contributed by atoms with Crippen LogP contribution < -0.4 is 0 Å². The molecule has 0 bridgehead atoms. The Balaban J connectivity index is 0.000000251. The molecule has 0 radical (unpaired) electrons. The van der Waals surface area contributed by atoms with E-state index < -0.39 is 167 Å². The zero-order valence-electron chi connectivity index (χ0n) is 76.2. The molecule has 124 heavy (non-hydrogen) atoms. The van der Waals surface area contributed by atoms with Gasteiger partial charge in [0, 0.05) is 92.9 Å². The summed E-state index contributed by atoms with van der Waals surface area (Å²) in [6.45, 7) is 29.8. The van der Waals surface area contributed by atoms with Crippen molar-refractivity contribution in [2.75, 3.05) is 62.0 Å². The number of likely N-dealkylation sites (N-methyl/N-ethyl adjacent to an activating group) is 2. The van der Waals surface area contributed by atoms with Gasteiger partial charge in [0.1, 0.15) is 71.1 Å². The number of methoxy groups -OCH3 is 2. The van der Waals surface area contributed by atoms with Crippen molar-refractivity contribution in [2.24, 2.45) is 52.5 Å². The average Bonchev–Trinajstić information content (AvgIpc) is 1.67. The van der Waals surface area contributed by atoms with Crippen LogP contribution in [0.1, 0.15) is 181 Å². The maximum absolute atomic E-state index is 14.8. The number of nitrogens with zero attached hydrogens (tertiary/aromatic N) is 16. The minimum atomic E-state index is -1.43. The van der Waals surface area contributed by atoms with Gasteiger partial charge in [0.25, 0.3) is 0 Å². The second-order valence-electron chi connectivity index (χ2n) is 35.8. The average molecular weight is 1730 g/mol. The molecule has 8 unspecified atom stereocenters. The van der Waals surface area contributed by atoms with Gasteiger partial charge in [-0.25, -0.2) is 19.0 Å². The van der Waals surface area contributed by atoms with Crippen LogP contribution in [0.2, 0.25) is 0 Å². The number of para-hydroxylation sites is 2. The van der Waals surface area contributed by atoms with Crippen LogP contribution in [0.25, 0.3) is 32.5 Å². The summed E-state index contributed by atoms with van der Waals surface area (Å²) in [6, 6.07) is 13.2. The number of terminal acetylenes is 1. The summed E-state index contributed by atoms with van der Waals surface area (Å²) < 4.78 is 67.3. The highest BCUT2D eigenvalue weighted by Gasteiger charge is 2.63. The Morgan fingerprint density at radius 1 is 0.573 bits per heavy atom. The molecule has 0 aliphatic carbocycles. The normalized spacial score (nSPS) is 34.9. The van der Waals surface area contributed by atoms with E-state index in [0.717, 1.165) is 27.8 Å². The maximum Gasteiger partial charge on any atom is 0.410 e. The fourth-order valence-electron chi connectivity index (χ4n) is 19.3. The second kappa shape index (κ2) is 42.5. The van der Waals surface area contributed by atoms with Gasteiger partial charge < -0.3 is 77.2 Å². The number of Topliss-reactive ketones (excluding diaryl/α,β-unsaturated/α-hetero) is 4. The predicted molar refractivity (Wildman–Crippen MR) is 455 cm³/mol. The molecular formula is C88H132N16O20. The summed E-state index contributed by atoms with van der Waals surface area (Å²) in [6.07, 6.45) is 0.877. The number of unbranched alkanes of at least 4 members (excludes halogenated alkanes) is 2. The molecule has 2 N–H and O–H groups in total. The Hall–Kier alpha value is -8.99. The van der Waals surface area contributed by atoms with Crippen LogP contribution in [-0.2, 0) is 95.8 Å². The first-order chi connectivity index (χ1) is 58.6. The molecule has 2 aromatic carbocycles. The van der Waals surface area contributed by atoms with Gasteiger partial charge in [0.05, 0.1) is 71.5 Å². The van der Waals surface area contributed by atoms with Gasteiger partial charge in [-0.3, -0.25) is 33.4 Å². The summed E-state index contributed by atoms with van der Waals surface area (Å²) in [4.78, 5) is 123. The highest BCUT2D eigenvalue weighted by molar-refractivity contribution is 6.01. The van der Waals surface area contributed by atoms with Gasteiger partial charge in [-0.2, -0.15) is 0 Å². The number of aryl methyl sites for hydroxylation is 1. The van der Waals surface area contributed by atoms with E-state index in [1.807, 2.05) is 113 Å². The van der Waals surface area contributed by atoms with E-state index >= 15 is 0 Å². The van der Waals surface area contributed by atoms with Crippen LogP contribution in [0.3, 0.4) is 0 Å². The van der Waals surface area contributed by atoms with Crippen LogP contribution in [0.15, 0.2) is 59.8 Å². The first-order valence-corrected chi connectivity index (χ1v) is 43.5. The molecule has 0 spiro atoms. The number of hydrogen-bond donors (Lipinski definition) is 2. The molecule has 0 saturated carbocycles. The molecule has 36 nitrogen and oxygen atoms in total. The van der Waals surface area contributed by atoms with Crippen molar-refractivity contribution in [1.82, 2.24) is 64.6 Å². The maximum atomic E-state index is 14.8. The third-order valence-corrected chi connectivity index (χ3v) is 26.3. The molecule has 36 heteroatoms. The van der Waals surface area contributed by atoms with E-state index in [0.29, 0.717) is 58.2 Å². The topological polar surface area (TPSA) is 423 Å². The Bertz CT molecular complexity index is 4590. The third-order valence-electron chi connectivity index (χ3n) is 26.3. The minimum Gasteiger partial charge on any atom is -0.458 e. The summed E-state index contributed by atoms with van der Waals surface area (Å²) in [7, 11) is 10.4. The lowest BCUT2D eigenvalue weighted by atomic mass is 9.73. The van der Waals surface area contributed by atoms with Crippen molar-refractivity contribution >= 4 is 69.3 Å². The first kappa shape index (κ1) is 98.8. The number of azide groups is 1. The van der Waals surface area contributed by atoms with Gasteiger partial charge >= 0.3 is 24.1 Å². The van der Waals surface area contributed by atoms with Crippen molar-refractivity contribution in [2.45, 2.75) is 303 Å². The molecule has 2 amide bonds. The zero-order chi connectivity index (χ0) is 91.4. The quantitative estimate of drug-likeness (QED) is 0.00898. The van der Waals surface area contributed by atoms with E-state index in [9.17, 15) is 48.6 Å². The molecule has 11 rings (SSSR count). The highest BCUT2D eigenvalue weighted by atomic mass is 16.7. The van der Waals surface area contributed by atoms with Gasteiger partial charge in [-0.1, -0.05) is 106 Å². The second-order valence-corrected chi connectivity index (χ2v) is 35.8. The summed E-state index contributed by atoms with van der Waals surface area (Å²) in [5.74, 6) is -7.58. The Morgan fingerprint density at radius 3 is 1.40 bits per heavy atom. The Labute approximate surface area is 726 Å².